The zero-order chi connectivity index (χ0) is 24.9. The van der Waals surface area contributed by atoms with Gasteiger partial charge in [0.2, 0.25) is 5.88 Å². The van der Waals surface area contributed by atoms with E-state index < -0.39 is 0 Å². The van der Waals surface area contributed by atoms with Gasteiger partial charge in [-0.05, 0) is 54.1 Å². The summed E-state index contributed by atoms with van der Waals surface area (Å²) in [7, 11) is 1.61. The van der Waals surface area contributed by atoms with Crippen LogP contribution in [0, 0.1) is 0 Å². The first kappa shape index (κ1) is 23.0. The molecule has 182 valence electrons. The third-order valence-electron chi connectivity index (χ3n) is 5.50. The van der Waals surface area contributed by atoms with Crippen LogP contribution in [0.5, 0.6) is 23.1 Å². The molecule has 0 saturated carbocycles. The molecule has 4 aromatic rings. The van der Waals surface area contributed by atoms with Crippen LogP contribution in [0.1, 0.15) is 15.9 Å². The Morgan fingerprint density at radius 3 is 2.44 bits per heavy atom. The van der Waals surface area contributed by atoms with E-state index in [0.29, 0.717) is 47.5 Å². The zero-order valence-electron chi connectivity index (χ0n) is 19.5. The minimum absolute atomic E-state index is 0.286. The Kier molecular flexibility index (Phi) is 6.53. The quantitative estimate of drug-likeness (QED) is 0.424. The number of nitrogens with one attached hydrogen (secondary N) is 1. The van der Waals surface area contributed by atoms with Crippen LogP contribution in [0.25, 0.3) is 5.69 Å². The number of benzene rings is 3. The predicted octanol–water partition coefficient (Wildman–Crippen LogP) is 3.84. The number of rotatable bonds is 7. The van der Waals surface area contributed by atoms with Gasteiger partial charge in [0.1, 0.15) is 25.6 Å². The van der Waals surface area contributed by atoms with Gasteiger partial charge in [-0.1, -0.05) is 12.1 Å². The molecular formula is C27H23N3O6. The molecule has 0 fully saturated rings. The molecule has 36 heavy (non-hydrogen) atoms. The van der Waals surface area contributed by atoms with Gasteiger partial charge in [0.25, 0.3) is 11.5 Å². The van der Waals surface area contributed by atoms with Crippen LogP contribution in [0.3, 0.4) is 0 Å². The molecule has 0 aliphatic carbocycles. The molecule has 1 aliphatic heterocycles. The smallest absolute Gasteiger partial charge is 0.271 e. The van der Waals surface area contributed by atoms with Crippen LogP contribution in [-0.4, -0.2) is 36.0 Å². The van der Waals surface area contributed by atoms with Crippen molar-refractivity contribution in [2.24, 2.45) is 0 Å². The van der Waals surface area contributed by atoms with Crippen molar-refractivity contribution in [3.63, 3.8) is 0 Å². The minimum Gasteiger partial charge on any atom is -0.497 e. The van der Waals surface area contributed by atoms with Gasteiger partial charge in [0.05, 0.1) is 12.8 Å². The summed E-state index contributed by atoms with van der Waals surface area (Å²) >= 11 is 0. The lowest BCUT2D eigenvalue weighted by atomic mass is 10.2. The summed E-state index contributed by atoms with van der Waals surface area (Å²) in [5.74, 6) is 2.00. The fourth-order valence-electron chi connectivity index (χ4n) is 3.61. The summed E-state index contributed by atoms with van der Waals surface area (Å²) in [6.07, 6.45) is 0. The van der Waals surface area contributed by atoms with Gasteiger partial charge >= 0.3 is 0 Å². The number of methoxy groups -OCH3 is 1. The summed E-state index contributed by atoms with van der Waals surface area (Å²) in [5, 5.41) is 7.15. The molecule has 5 rings (SSSR count). The number of nitrogens with zero attached hydrogens (tertiary/aromatic N) is 2. The maximum atomic E-state index is 12.7. The van der Waals surface area contributed by atoms with Crippen molar-refractivity contribution in [3.8, 4) is 28.8 Å². The highest BCUT2D eigenvalue weighted by Crippen LogP contribution is 2.32. The Hall–Kier alpha value is -4.79. The van der Waals surface area contributed by atoms with E-state index in [1.54, 1.807) is 49.6 Å². The Morgan fingerprint density at radius 1 is 0.944 bits per heavy atom. The number of ether oxygens (including phenoxy) is 4. The number of fused-ring (bicyclic) bond motifs is 1. The van der Waals surface area contributed by atoms with E-state index in [4.69, 9.17) is 18.9 Å². The average Bonchev–Trinajstić information content (AvgIpc) is 2.93. The molecule has 9 heteroatoms. The van der Waals surface area contributed by atoms with Gasteiger partial charge in [-0.25, -0.2) is 0 Å². The molecule has 0 saturated heterocycles. The number of carbonyl (C=O) groups is 1. The summed E-state index contributed by atoms with van der Waals surface area (Å²) < 4.78 is 23.2. The maximum absolute atomic E-state index is 12.7. The van der Waals surface area contributed by atoms with Crippen molar-refractivity contribution >= 4 is 11.6 Å². The number of amides is 1. The SMILES string of the molecule is COc1ccc(COc2ccc(=O)n(-c3ccc(C(=O)Nc4ccc5c(c4)OCCO5)cc3)n2)cc1. The monoisotopic (exact) mass is 485 g/mol. The van der Waals surface area contributed by atoms with Gasteiger partial charge in [0, 0.05) is 29.4 Å². The summed E-state index contributed by atoms with van der Waals surface area (Å²) in [6.45, 7) is 1.25. The van der Waals surface area contributed by atoms with Crippen LogP contribution < -0.4 is 29.8 Å². The first-order valence-electron chi connectivity index (χ1n) is 11.3. The molecule has 3 aromatic carbocycles. The Labute approximate surface area is 206 Å². The summed E-state index contributed by atoms with van der Waals surface area (Å²) in [4.78, 5) is 25.1. The topological polar surface area (TPSA) is 101 Å². The Morgan fingerprint density at radius 2 is 1.69 bits per heavy atom. The van der Waals surface area contributed by atoms with Crippen molar-refractivity contribution in [2.75, 3.05) is 25.6 Å². The van der Waals surface area contributed by atoms with Crippen molar-refractivity contribution in [1.82, 2.24) is 9.78 Å². The lowest BCUT2D eigenvalue weighted by Gasteiger charge is -2.19. The number of aromatic nitrogens is 2. The number of carbonyl (C=O) groups excluding carboxylic acids is 1. The lowest BCUT2D eigenvalue weighted by Crippen LogP contribution is -2.21. The maximum Gasteiger partial charge on any atom is 0.271 e. The highest BCUT2D eigenvalue weighted by molar-refractivity contribution is 6.04. The number of anilines is 1. The van der Waals surface area contributed by atoms with Gasteiger partial charge in [-0.15, -0.1) is 5.10 Å². The normalized spacial score (nSPS) is 12.0. The first-order valence-corrected chi connectivity index (χ1v) is 11.3. The molecule has 1 aliphatic rings. The standard InChI is InChI=1S/C27H23N3O6/c1-33-22-9-2-18(3-10-22)17-36-25-12-13-26(31)30(29-25)21-7-4-19(5-8-21)27(32)28-20-6-11-23-24(16-20)35-15-14-34-23/h2-13,16H,14-15,17H2,1H3,(H,28,32). The van der Waals surface area contributed by atoms with Crippen molar-refractivity contribution in [2.45, 2.75) is 6.61 Å². The van der Waals surface area contributed by atoms with Gasteiger partial charge in [-0.3, -0.25) is 9.59 Å². The summed E-state index contributed by atoms with van der Waals surface area (Å²) in [6, 6.07) is 22.2. The minimum atomic E-state index is -0.319. The zero-order valence-corrected chi connectivity index (χ0v) is 19.5. The molecular weight excluding hydrogens is 462 g/mol. The van der Waals surface area contributed by atoms with Crippen molar-refractivity contribution < 1.29 is 23.7 Å². The van der Waals surface area contributed by atoms with Gasteiger partial charge < -0.3 is 24.3 Å². The molecule has 0 radical (unpaired) electrons. The van der Waals surface area contributed by atoms with E-state index in [1.165, 1.54) is 16.8 Å². The lowest BCUT2D eigenvalue weighted by molar-refractivity contribution is 0.102. The summed E-state index contributed by atoms with van der Waals surface area (Å²) in [5.41, 5.74) is 2.14. The molecule has 0 bridgehead atoms. The molecule has 9 nitrogen and oxygen atoms in total. The molecule has 1 aromatic heterocycles. The first-order chi connectivity index (χ1) is 17.6. The third-order valence-corrected chi connectivity index (χ3v) is 5.50. The van der Waals surface area contributed by atoms with Gasteiger partial charge in [-0.2, -0.15) is 4.68 Å². The molecule has 2 heterocycles. The van der Waals surface area contributed by atoms with Crippen LogP contribution in [0.2, 0.25) is 0 Å². The highest BCUT2D eigenvalue weighted by Gasteiger charge is 2.14. The second-order valence-corrected chi connectivity index (χ2v) is 7.92. The number of hydrogen-bond acceptors (Lipinski definition) is 7. The van der Waals surface area contributed by atoms with E-state index in [-0.39, 0.29) is 18.1 Å². The molecule has 1 N–H and O–H groups in total. The predicted molar refractivity (Wildman–Crippen MR) is 133 cm³/mol. The van der Waals surface area contributed by atoms with Gasteiger partial charge in [0.15, 0.2) is 11.5 Å². The molecule has 1 amide bonds. The highest BCUT2D eigenvalue weighted by atomic mass is 16.6. The second kappa shape index (κ2) is 10.2. The largest absolute Gasteiger partial charge is 0.497 e. The van der Waals surface area contributed by atoms with E-state index in [2.05, 4.69) is 10.4 Å². The fraction of sp³-hybridized carbons (Fsp3) is 0.148. The van der Waals surface area contributed by atoms with Crippen molar-refractivity contribution in [1.29, 1.82) is 0 Å². The van der Waals surface area contributed by atoms with E-state index in [1.807, 2.05) is 24.3 Å². The fourth-order valence-corrected chi connectivity index (χ4v) is 3.61. The molecule has 0 atom stereocenters. The molecule has 0 spiro atoms. The van der Waals surface area contributed by atoms with Crippen LogP contribution in [-0.2, 0) is 6.61 Å². The Balaban J connectivity index is 1.27. The Bertz CT molecular complexity index is 1430. The van der Waals surface area contributed by atoms with Crippen molar-refractivity contribution in [3.05, 3.63) is 100 Å². The van der Waals surface area contributed by atoms with Crippen LogP contribution >= 0.6 is 0 Å². The van der Waals surface area contributed by atoms with E-state index in [0.717, 1.165) is 11.3 Å². The van der Waals surface area contributed by atoms with E-state index in [9.17, 15) is 9.59 Å². The van der Waals surface area contributed by atoms with Crippen LogP contribution in [0.4, 0.5) is 5.69 Å². The second-order valence-electron chi connectivity index (χ2n) is 7.92. The van der Waals surface area contributed by atoms with Crippen LogP contribution in [0.15, 0.2) is 83.7 Å². The average molecular weight is 485 g/mol. The van der Waals surface area contributed by atoms with E-state index >= 15 is 0 Å². The third kappa shape index (κ3) is 5.15. The number of hydrogen-bond donors (Lipinski definition) is 1. The molecule has 0 unspecified atom stereocenters.